The first kappa shape index (κ1) is 19.2. The second-order valence-corrected chi connectivity index (χ2v) is 7.64. The van der Waals surface area contributed by atoms with Crippen molar-refractivity contribution in [1.82, 2.24) is 14.9 Å². The minimum Gasteiger partial charge on any atom is -0.454 e. The Hall–Kier alpha value is -2.14. The summed E-state index contributed by atoms with van der Waals surface area (Å²) in [6.07, 6.45) is -3.81. The molecule has 0 bridgehead atoms. The lowest BCUT2D eigenvalue weighted by Crippen LogP contribution is -2.35. The van der Waals surface area contributed by atoms with E-state index in [4.69, 9.17) is 4.42 Å². The van der Waals surface area contributed by atoms with Crippen molar-refractivity contribution in [3.8, 4) is 11.4 Å². The molecule has 3 heterocycles. The second kappa shape index (κ2) is 7.36. The summed E-state index contributed by atoms with van der Waals surface area (Å²) in [7, 11) is 0. The molecular weight excluding hydrogens is 486 g/mol. The first-order valence-corrected chi connectivity index (χ1v) is 9.64. The van der Waals surface area contributed by atoms with Crippen molar-refractivity contribution in [3.05, 3.63) is 73.1 Å². The number of benzene rings is 1. The van der Waals surface area contributed by atoms with Gasteiger partial charge in [-0.3, -0.25) is 9.69 Å². The van der Waals surface area contributed by atoms with Gasteiger partial charge in [0.1, 0.15) is 11.6 Å². The van der Waals surface area contributed by atoms with Gasteiger partial charge >= 0.3 is 6.18 Å². The summed E-state index contributed by atoms with van der Waals surface area (Å²) in [5, 5.41) is 0. The van der Waals surface area contributed by atoms with E-state index in [0.29, 0.717) is 42.9 Å². The van der Waals surface area contributed by atoms with Crippen molar-refractivity contribution in [1.29, 1.82) is 0 Å². The minimum absolute atomic E-state index is 0.265. The Balaban J connectivity index is 1.56. The van der Waals surface area contributed by atoms with Crippen molar-refractivity contribution in [2.75, 3.05) is 6.54 Å². The van der Waals surface area contributed by atoms with E-state index in [1.54, 1.807) is 0 Å². The van der Waals surface area contributed by atoms with Gasteiger partial charge in [0.15, 0.2) is 3.77 Å². The molecule has 146 valence electrons. The van der Waals surface area contributed by atoms with E-state index in [0.717, 1.165) is 21.7 Å². The molecule has 0 saturated carbocycles. The average Bonchev–Trinajstić information content (AvgIpc) is 3.06. The molecule has 0 aliphatic carbocycles. The molecule has 0 radical (unpaired) electrons. The number of furan rings is 1. The van der Waals surface area contributed by atoms with Crippen LogP contribution < -0.4 is 5.56 Å². The third kappa shape index (κ3) is 4.00. The molecule has 3 aromatic rings. The molecule has 0 spiro atoms. The number of nitrogens with one attached hydrogen (secondary N) is 1. The van der Waals surface area contributed by atoms with E-state index in [1.807, 2.05) is 12.1 Å². The highest BCUT2D eigenvalue weighted by atomic mass is 127. The molecule has 28 heavy (non-hydrogen) atoms. The summed E-state index contributed by atoms with van der Waals surface area (Å²) in [4.78, 5) is 21.9. The molecule has 1 aromatic carbocycles. The van der Waals surface area contributed by atoms with Gasteiger partial charge in [0.2, 0.25) is 0 Å². The van der Waals surface area contributed by atoms with Crippen LogP contribution in [0.2, 0.25) is 0 Å². The number of hydrogen-bond donors (Lipinski definition) is 1. The van der Waals surface area contributed by atoms with Crippen LogP contribution in [0.25, 0.3) is 11.4 Å². The Morgan fingerprint density at radius 2 is 1.93 bits per heavy atom. The number of aromatic amines is 1. The fourth-order valence-electron chi connectivity index (χ4n) is 3.23. The largest absolute Gasteiger partial charge is 0.454 e. The summed E-state index contributed by atoms with van der Waals surface area (Å²) in [5.41, 5.74) is 0.714. The van der Waals surface area contributed by atoms with E-state index in [2.05, 4.69) is 37.5 Å². The normalized spacial score (nSPS) is 14.9. The van der Waals surface area contributed by atoms with E-state index in [1.165, 1.54) is 12.1 Å². The average molecular weight is 501 g/mol. The molecule has 0 amide bonds. The summed E-state index contributed by atoms with van der Waals surface area (Å²) >= 11 is 2.10. The number of fused-ring (bicyclic) bond motifs is 1. The number of H-pyrrole nitrogens is 1. The zero-order chi connectivity index (χ0) is 19.9. The van der Waals surface area contributed by atoms with Crippen molar-refractivity contribution in [2.24, 2.45) is 0 Å². The van der Waals surface area contributed by atoms with Crippen LogP contribution in [0, 0.1) is 3.77 Å². The zero-order valence-electron chi connectivity index (χ0n) is 14.5. The van der Waals surface area contributed by atoms with E-state index in [9.17, 15) is 18.0 Å². The Labute approximate surface area is 171 Å². The summed E-state index contributed by atoms with van der Waals surface area (Å²) in [5.74, 6) is 1.12. The standard InChI is InChI=1S/C19H15F3IN3O2/c20-19(21,22)12-3-1-11(2-4-12)17-24-15-7-8-26(10-14(15)18(27)25-17)9-13-5-6-16(23)28-13/h1-6H,7-10H2,(H,24,25,27). The predicted octanol–water partition coefficient (Wildman–Crippen LogP) is 4.21. The third-order valence-corrected chi connectivity index (χ3v) is 5.22. The van der Waals surface area contributed by atoms with Crippen molar-refractivity contribution in [3.63, 3.8) is 0 Å². The number of nitrogens with zero attached hydrogens (tertiary/aromatic N) is 2. The number of hydrogen-bond acceptors (Lipinski definition) is 4. The second-order valence-electron chi connectivity index (χ2n) is 6.58. The van der Waals surface area contributed by atoms with Gasteiger partial charge in [-0.05, 0) is 46.9 Å². The zero-order valence-corrected chi connectivity index (χ0v) is 16.7. The van der Waals surface area contributed by atoms with E-state index < -0.39 is 11.7 Å². The highest BCUT2D eigenvalue weighted by molar-refractivity contribution is 14.1. The summed E-state index contributed by atoms with van der Waals surface area (Å²) in [6.45, 7) is 1.76. The maximum absolute atomic E-state index is 12.7. The minimum atomic E-state index is -4.40. The fraction of sp³-hybridized carbons (Fsp3) is 0.263. The van der Waals surface area contributed by atoms with Gasteiger partial charge in [0.25, 0.3) is 5.56 Å². The molecule has 9 heteroatoms. The SMILES string of the molecule is O=c1[nH]c(-c2ccc(C(F)(F)F)cc2)nc2c1CN(Cc1ccc(I)o1)CC2. The van der Waals surface area contributed by atoms with Gasteiger partial charge in [-0.2, -0.15) is 13.2 Å². The van der Waals surface area contributed by atoms with Crippen LogP contribution in [0.1, 0.15) is 22.6 Å². The molecule has 1 aliphatic heterocycles. The monoisotopic (exact) mass is 501 g/mol. The van der Waals surface area contributed by atoms with Gasteiger partial charge in [0, 0.05) is 25.1 Å². The molecule has 0 saturated heterocycles. The van der Waals surface area contributed by atoms with Crippen LogP contribution in [0.3, 0.4) is 0 Å². The first-order valence-electron chi connectivity index (χ1n) is 8.56. The highest BCUT2D eigenvalue weighted by Gasteiger charge is 2.30. The molecule has 5 nitrogen and oxygen atoms in total. The van der Waals surface area contributed by atoms with Crippen LogP contribution in [-0.4, -0.2) is 21.4 Å². The number of rotatable bonds is 3. The van der Waals surface area contributed by atoms with Gasteiger partial charge in [0.05, 0.1) is 23.4 Å². The Morgan fingerprint density at radius 1 is 1.18 bits per heavy atom. The number of alkyl halides is 3. The molecule has 0 atom stereocenters. The maximum Gasteiger partial charge on any atom is 0.416 e. The first-order chi connectivity index (χ1) is 13.3. The van der Waals surface area contributed by atoms with Crippen LogP contribution >= 0.6 is 22.6 Å². The van der Waals surface area contributed by atoms with Crippen molar-refractivity contribution < 1.29 is 17.6 Å². The maximum atomic E-state index is 12.7. The number of halogens is 4. The van der Waals surface area contributed by atoms with Crippen LogP contribution in [0.5, 0.6) is 0 Å². The molecular formula is C19H15F3IN3O2. The molecule has 4 rings (SSSR count). The fourth-order valence-corrected chi connectivity index (χ4v) is 3.69. The Kier molecular flexibility index (Phi) is 5.04. The predicted molar refractivity (Wildman–Crippen MR) is 105 cm³/mol. The van der Waals surface area contributed by atoms with E-state index >= 15 is 0 Å². The molecule has 1 N–H and O–H groups in total. The van der Waals surface area contributed by atoms with Crippen LogP contribution in [0.4, 0.5) is 13.2 Å². The van der Waals surface area contributed by atoms with Gasteiger partial charge in [-0.25, -0.2) is 4.98 Å². The van der Waals surface area contributed by atoms with Crippen molar-refractivity contribution in [2.45, 2.75) is 25.7 Å². The van der Waals surface area contributed by atoms with Crippen LogP contribution in [-0.2, 0) is 25.7 Å². The van der Waals surface area contributed by atoms with Gasteiger partial charge < -0.3 is 9.40 Å². The lowest BCUT2D eigenvalue weighted by Gasteiger charge is -2.26. The third-order valence-electron chi connectivity index (χ3n) is 4.64. The molecule has 0 fully saturated rings. The smallest absolute Gasteiger partial charge is 0.416 e. The number of aromatic nitrogens is 2. The molecule has 0 unspecified atom stereocenters. The molecule has 2 aromatic heterocycles. The lowest BCUT2D eigenvalue weighted by atomic mass is 10.1. The van der Waals surface area contributed by atoms with Gasteiger partial charge in [-0.1, -0.05) is 12.1 Å². The topological polar surface area (TPSA) is 62.1 Å². The highest BCUT2D eigenvalue weighted by Crippen LogP contribution is 2.30. The van der Waals surface area contributed by atoms with Gasteiger partial charge in [-0.15, -0.1) is 0 Å². The summed E-state index contributed by atoms with van der Waals surface area (Å²) < 4.78 is 44.5. The van der Waals surface area contributed by atoms with Crippen molar-refractivity contribution >= 4 is 22.6 Å². The lowest BCUT2D eigenvalue weighted by molar-refractivity contribution is -0.137. The van der Waals surface area contributed by atoms with Crippen LogP contribution in [0.15, 0.2) is 45.6 Å². The Bertz CT molecular complexity index is 1060. The molecule has 1 aliphatic rings. The Morgan fingerprint density at radius 3 is 2.57 bits per heavy atom. The summed E-state index contributed by atoms with van der Waals surface area (Å²) in [6, 6.07) is 8.41. The quantitative estimate of drug-likeness (QED) is 0.547. The van der Waals surface area contributed by atoms with E-state index in [-0.39, 0.29) is 11.4 Å².